The molecular weight excluding hydrogens is 290 g/mol. The maximum atomic E-state index is 10.6. The van der Waals surface area contributed by atoms with Gasteiger partial charge in [-0.25, -0.2) is 0 Å². The Morgan fingerprint density at radius 2 is 2.24 bits per heavy atom. The summed E-state index contributed by atoms with van der Waals surface area (Å²) in [5.74, 6) is -0.871. The third-order valence-corrected chi connectivity index (χ3v) is 3.46. The van der Waals surface area contributed by atoms with Crippen LogP contribution in [0.3, 0.4) is 0 Å². The van der Waals surface area contributed by atoms with E-state index in [1.54, 1.807) is 6.07 Å². The van der Waals surface area contributed by atoms with Crippen molar-refractivity contribution in [3.63, 3.8) is 0 Å². The van der Waals surface area contributed by atoms with E-state index in [2.05, 4.69) is 15.9 Å². The van der Waals surface area contributed by atoms with Gasteiger partial charge in [-0.15, -0.1) is 0 Å². The molecule has 6 heteroatoms. The molecule has 0 heterocycles. The number of nitrogens with two attached hydrogens (primary N) is 1. The van der Waals surface area contributed by atoms with Gasteiger partial charge in [0.1, 0.15) is 0 Å². The normalized spacial score (nSPS) is 12.2. The minimum Gasteiger partial charge on any atom is -0.504 e. The summed E-state index contributed by atoms with van der Waals surface area (Å²) in [5, 5.41) is 18.7. The number of phenols is 1. The van der Waals surface area contributed by atoms with E-state index in [-0.39, 0.29) is 17.9 Å². The Bertz CT molecular complexity index is 448. The Morgan fingerprint density at radius 3 is 2.71 bits per heavy atom. The number of hydrogen-bond acceptors (Lipinski definition) is 4. The van der Waals surface area contributed by atoms with E-state index in [4.69, 9.17) is 15.6 Å². The van der Waals surface area contributed by atoms with Gasteiger partial charge in [0, 0.05) is 16.1 Å². The Labute approximate surface area is 107 Å². The molecule has 4 N–H and O–H groups in total. The first-order chi connectivity index (χ1) is 7.88. The second-order valence-electron chi connectivity index (χ2n) is 3.68. The van der Waals surface area contributed by atoms with Gasteiger partial charge in [-0.3, -0.25) is 4.79 Å². The maximum absolute atomic E-state index is 10.6. The van der Waals surface area contributed by atoms with Crippen LogP contribution >= 0.6 is 15.9 Å². The summed E-state index contributed by atoms with van der Waals surface area (Å²) in [5.41, 5.74) is 6.93. The van der Waals surface area contributed by atoms with Crippen molar-refractivity contribution in [1.82, 2.24) is 0 Å². The van der Waals surface area contributed by atoms with Gasteiger partial charge in [0.05, 0.1) is 13.5 Å². The molecule has 0 aromatic heterocycles. The summed E-state index contributed by atoms with van der Waals surface area (Å²) < 4.78 is 5.60. The highest BCUT2D eigenvalue weighted by atomic mass is 79.9. The van der Waals surface area contributed by atoms with Crippen molar-refractivity contribution in [3.8, 4) is 11.5 Å². The van der Waals surface area contributed by atoms with E-state index < -0.39 is 12.0 Å². The van der Waals surface area contributed by atoms with Gasteiger partial charge in [-0.1, -0.05) is 15.9 Å². The van der Waals surface area contributed by atoms with E-state index in [0.29, 0.717) is 10.0 Å². The fourth-order valence-electron chi connectivity index (χ4n) is 1.56. The SMILES string of the molecule is COc1cc(C)c(Br)c(C(N)CC(=O)O)c1O. The molecule has 1 rings (SSSR count). The predicted octanol–water partition coefficient (Wildman–Crippen LogP) is 1.95. The molecule has 1 atom stereocenters. The number of hydrogen-bond donors (Lipinski definition) is 3. The topological polar surface area (TPSA) is 92.8 Å². The number of aliphatic carboxylic acids is 1. The summed E-state index contributed by atoms with van der Waals surface area (Å²) >= 11 is 3.30. The quantitative estimate of drug-likeness (QED) is 0.790. The lowest BCUT2D eigenvalue weighted by Gasteiger charge is -2.17. The van der Waals surface area contributed by atoms with Crippen LogP contribution in [0.1, 0.15) is 23.6 Å². The van der Waals surface area contributed by atoms with Crippen molar-refractivity contribution in [3.05, 3.63) is 21.7 Å². The van der Waals surface area contributed by atoms with Gasteiger partial charge < -0.3 is 20.7 Å². The first-order valence-electron chi connectivity index (χ1n) is 4.91. The summed E-state index contributed by atoms with van der Waals surface area (Å²) in [6.45, 7) is 1.81. The fraction of sp³-hybridized carbons (Fsp3) is 0.364. The van der Waals surface area contributed by atoms with Crippen LogP contribution in [-0.4, -0.2) is 23.3 Å². The zero-order chi connectivity index (χ0) is 13.2. The van der Waals surface area contributed by atoms with Crippen LogP contribution in [0.2, 0.25) is 0 Å². The van der Waals surface area contributed by atoms with Crippen LogP contribution in [0.4, 0.5) is 0 Å². The average Bonchev–Trinajstić information content (AvgIpc) is 2.22. The molecular formula is C11H14BrNO4. The molecule has 0 saturated heterocycles. The number of phenolic OH excluding ortho intramolecular Hbond substituents is 1. The molecule has 0 aliphatic heterocycles. The van der Waals surface area contributed by atoms with Crippen molar-refractivity contribution < 1.29 is 19.7 Å². The molecule has 17 heavy (non-hydrogen) atoms. The molecule has 0 radical (unpaired) electrons. The number of methoxy groups -OCH3 is 1. The number of rotatable bonds is 4. The lowest BCUT2D eigenvalue weighted by molar-refractivity contribution is -0.137. The number of carbonyl (C=O) groups is 1. The van der Waals surface area contributed by atoms with Crippen molar-refractivity contribution >= 4 is 21.9 Å². The molecule has 0 aliphatic rings. The first-order valence-corrected chi connectivity index (χ1v) is 5.71. The molecule has 0 aliphatic carbocycles. The van der Waals surface area contributed by atoms with Crippen molar-refractivity contribution in [2.75, 3.05) is 7.11 Å². The molecule has 94 valence electrons. The Morgan fingerprint density at radius 1 is 1.65 bits per heavy atom. The van der Waals surface area contributed by atoms with E-state index in [1.807, 2.05) is 6.92 Å². The average molecular weight is 304 g/mol. The number of ether oxygens (including phenoxy) is 1. The van der Waals surface area contributed by atoms with Gasteiger partial charge >= 0.3 is 5.97 Å². The second-order valence-corrected chi connectivity index (χ2v) is 4.47. The molecule has 1 aromatic carbocycles. The van der Waals surface area contributed by atoms with E-state index >= 15 is 0 Å². The van der Waals surface area contributed by atoms with Gasteiger partial charge in [-0.2, -0.15) is 0 Å². The van der Waals surface area contributed by atoms with Crippen molar-refractivity contribution in [1.29, 1.82) is 0 Å². The minimum atomic E-state index is -1.02. The summed E-state index contributed by atoms with van der Waals surface area (Å²) in [6.07, 6.45) is -0.265. The Hall–Kier alpha value is -1.27. The highest BCUT2D eigenvalue weighted by molar-refractivity contribution is 9.10. The van der Waals surface area contributed by atoms with Crippen molar-refractivity contribution in [2.45, 2.75) is 19.4 Å². The standard InChI is InChI=1S/C11H14BrNO4/c1-5-3-7(17-2)11(16)9(10(5)12)6(13)4-8(14)15/h3,6,16H,4,13H2,1-2H3,(H,14,15). The molecule has 0 amide bonds. The number of carboxylic acid groups (broad SMARTS) is 1. The van der Waals surface area contributed by atoms with E-state index in [1.165, 1.54) is 7.11 Å². The van der Waals surface area contributed by atoms with Crippen molar-refractivity contribution in [2.24, 2.45) is 5.73 Å². The van der Waals surface area contributed by atoms with Crippen LogP contribution in [0.25, 0.3) is 0 Å². The van der Waals surface area contributed by atoms with Gasteiger partial charge in [0.25, 0.3) is 0 Å². The van der Waals surface area contributed by atoms with E-state index in [0.717, 1.165) is 5.56 Å². The van der Waals surface area contributed by atoms with Crippen LogP contribution < -0.4 is 10.5 Å². The van der Waals surface area contributed by atoms with Gasteiger partial charge in [0.2, 0.25) is 0 Å². The maximum Gasteiger partial charge on any atom is 0.305 e. The van der Waals surface area contributed by atoms with E-state index in [9.17, 15) is 9.90 Å². The number of aromatic hydroxyl groups is 1. The number of aryl methyl sites for hydroxylation is 1. The predicted molar refractivity (Wildman–Crippen MR) is 66.3 cm³/mol. The summed E-state index contributed by atoms with van der Waals surface area (Å²) in [6, 6.07) is 0.854. The van der Waals surface area contributed by atoms with Gasteiger partial charge in [0.15, 0.2) is 11.5 Å². The monoisotopic (exact) mass is 303 g/mol. The molecule has 1 aromatic rings. The van der Waals surface area contributed by atoms with Crippen LogP contribution in [0.5, 0.6) is 11.5 Å². The number of carboxylic acids is 1. The largest absolute Gasteiger partial charge is 0.504 e. The first kappa shape index (κ1) is 13.8. The van der Waals surface area contributed by atoms with Crippen LogP contribution in [-0.2, 0) is 4.79 Å². The molecule has 0 saturated carbocycles. The smallest absolute Gasteiger partial charge is 0.305 e. The molecule has 5 nitrogen and oxygen atoms in total. The second kappa shape index (κ2) is 5.37. The number of halogens is 1. The molecule has 0 spiro atoms. The van der Waals surface area contributed by atoms with Crippen LogP contribution in [0, 0.1) is 6.92 Å². The third kappa shape index (κ3) is 2.89. The highest BCUT2D eigenvalue weighted by Gasteiger charge is 2.22. The Balaban J connectivity index is 3.30. The zero-order valence-corrected chi connectivity index (χ0v) is 11.1. The number of benzene rings is 1. The lowest BCUT2D eigenvalue weighted by atomic mass is 10.0. The highest BCUT2D eigenvalue weighted by Crippen LogP contribution is 2.41. The fourth-order valence-corrected chi connectivity index (χ4v) is 2.16. The summed E-state index contributed by atoms with van der Waals surface area (Å²) in [7, 11) is 1.43. The lowest BCUT2D eigenvalue weighted by Crippen LogP contribution is -2.16. The van der Waals surface area contributed by atoms with Gasteiger partial charge in [-0.05, 0) is 18.6 Å². The molecule has 0 bridgehead atoms. The van der Waals surface area contributed by atoms with Crippen LogP contribution in [0.15, 0.2) is 10.5 Å². The molecule has 0 fully saturated rings. The zero-order valence-electron chi connectivity index (χ0n) is 9.53. The Kier molecular flexibility index (Phi) is 4.36. The summed E-state index contributed by atoms with van der Waals surface area (Å²) in [4.78, 5) is 10.6. The third-order valence-electron chi connectivity index (χ3n) is 2.40. The molecule has 1 unspecified atom stereocenters. The minimum absolute atomic E-state index is 0.126.